The van der Waals surface area contributed by atoms with Crippen LogP contribution in [0.4, 0.5) is 0 Å². The van der Waals surface area contributed by atoms with Crippen molar-refractivity contribution in [2.24, 2.45) is 5.41 Å². The van der Waals surface area contributed by atoms with Crippen molar-refractivity contribution < 1.29 is 9.32 Å². The number of benzene rings is 1. The Morgan fingerprint density at radius 1 is 1.27 bits per heavy atom. The largest absolute Gasteiger partial charge is 0.337 e. The molecule has 22 heavy (non-hydrogen) atoms. The average molecular weight is 322 g/mol. The number of hydrogen-bond acceptors (Lipinski definition) is 4. The molecule has 0 aliphatic heterocycles. The highest BCUT2D eigenvalue weighted by Gasteiger charge is 2.20. The molecule has 0 atom stereocenters. The fourth-order valence-electron chi connectivity index (χ4n) is 1.92. The molecule has 0 N–H and O–H groups in total. The van der Waals surface area contributed by atoms with Crippen LogP contribution in [0.3, 0.4) is 0 Å². The zero-order valence-corrected chi connectivity index (χ0v) is 14.0. The van der Waals surface area contributed by atoms with Crippen molar-refractivity contribution in [2.45, 2.75) is 33.7 Å². The summed E-state index contributed by atoms with van der Waals surface area (Å²) in [5.74, 6) is 0.955. The number of carbonyl (C=O) groups excluding carboxylic acids is 1. The minimum absolute atomic E-state index is 0.0470. The van der Waals surface area contributed by atoms with Crippen molar-refractivity contribution >= 4 is 17.5 Å². The SMILES string of the molecule is CN(Cc1nc(-c2ccc(Cl)cc2)no1)C(=O)CC(C)(C)C. The van der Waals surface area contributed by atoms with Gasteiger partial charge in [0.2, 0.25) is 17.6 Å². The highest BCUT2D eigenvalue weighted by atomic mass is 35.5. The predicted octanol–water partition coefficient (Wildman–Crippen LogP) is 3.78. The van der Waals surface area contributed by atoms with E-state index >= 15 is 0 Å². The van der Waals surface area contributed by atoms with Crippen molar-refractivity contribution in [1.29, 1.82) is 0 Å². The maximum atomic E-state index is 12.1. The molecule has 1 aromatic carbocycles. The Bertz CT molecular complexity index is 644. The molecule has 0 radical (unpaired) electrons. The number of amides is 1. The van der Waals surface area contributed by atoms with Crippen LogP contribution in [-0.4, -0.2) is 28.0 Å². The summed E-state index contributed by atoms with van der Waals surface area (Å²) in [7, 11) is 1.74. The summed E-state index contributed by atoms with van der Waals surface area (Å²) in [5, 5.41) is 4.59. The molecule has 0 unspecified atom stereocenters. The van der Waals surface area contributed by atoms with E-state index < -0.39 is 0 Å². The summed E-state index contributed by atoms with van der Waals surface area (Å²) in [6.07, 6.45) is 0.474. The summed E-state index contributed by atoms with van der Waals surface area (Å²) in [6.45, 7) is 6.40. The zero-order valence-electron chi connectivity index (χ0n) is 13.3. The smallest absolute Gasteiger partial charge is 0.246 e. The summed E-state index contributed by atoms with van der Waals surface area (Å²) in [5.41, 5.74) is 0.775. The van der Waals surface area contributed by atoms with E-state index in [0.29, 0.717) is 29.7 Å². The van der Waals surface area contributed by atoms with E-state index in [1.807, 2.05) is 32.9 Å². The van der Waals surface area contributed by atoms with Gasteiger partial charge < -0.3 is 9.42 Å². The Morgan fingerprint density at radius 3 is 2.50 bits per heavy atom. The predicted molar refractivity (Wildman–Crippen MR) is 85.3 cm³/mol. The van der Waals surface area contributed by atoms with E-state index in [9.17, 15) is 4.79 Å². The minimum Gasteiger partial charge on any atom is -0.337 e. The van der Waals surface area contributed by atoms with Gasteiger partial charge in [0.05, 0.1) is 6.54 Å². The monoisotopic (exact) mass is 321 g/mol. The molecule has 0 aliphatic rings. The van der Waals surface area contributed by atoms with Gasteiger partial charge in [0.1, 0.15) is 0 Å². The van der Waals surface area contributed by atoms with Crippen LogP contribution < -0.4 is 0 Å². The third-order valence-corrected chi connectivity index (χ3v) is 3.30. The first-order chi connectivity index (χ1) is 10.2. The molecule has 0 spiro atoms. The van der Waals surface area contributed by atoms with Crippen LogP contribution in [0.25, 0.3) is 11.4 Å². The van der Waals surface area contributed by atoms with Gasteiger partial charge in [-0.25, -0.2) is 0 Å². The van der Waals surface area contributed by atoms with Gasteiger partial charge in [0, 0.05) is 24.1 Å². The first-order valence-electron chi connectivity index (χ1n) is 7.07. The van der Waals surface area contributed by atoms with Crippen molar-refractivity contribution in [3.8, 4) is 11.4 Å². The molecule has 1 aromatic heterocycles. The van der Waals surface area contributed by atoms with Gasteiger partial charge in [0.25, 0.3) is 0 Å². The van der Waals surface area contributed by atoms with Crippen LogP contribution in [0.1, 0.15) is 33.1 Å². The van der Waals surface area contributed by atoms with Crippen LogP contribution in [0, 0.1) is 5.41 Å². The molecular weight excluding hydrogens is 302 g/mol. The molecule has 0 aliphatic carbocycles. The Hall–Kier alpha value is -1.88. The molecule has 2 aromatic rings. The number of halogens is 1. The zero-order chi connectivity index (χ0) is 16.3. The van der Waals surface area contributed by atoms with Gasteiger partial charge in [-0.1, -0.05) is 37.5 Å². The van der Waals surface area contributed by atoms with E-state index in [2.05, 4.69) is 10.1 Å². The Labute approximate surface area is 135 Å². The third kappa shape index (κ3) is 4.56. The summed E-state index contributed by atoms with van der Waals surface area (Å²) < 4.78 is 5.21. The first-order valence-corrected chi connectivity index (χ1v) is 7.45. The number of nitrogens with zero attached hydrogens (tertiary/aromatic N) is 3. The van der Waals surface area contributed by atoms with E-state index in [1.165, 1.54) is 0 Å². The highest BCUT2D eigenvalue weighted by Crippen LogP contribution is 2.21. The second kappa shape index (κ2) is 6.48. The van der Waals surface area contributed by atoms with Crippen LogP contribution >= 0.6 is 11.6 Å². The summed E-state index contributed by atoms with van der Waals surface area (Å²) in [4.78, 5) is 18.0. The normalized spacial score (nSPS) is 11.5. The minimum atomic E-state index is -0.0470. The van der Waals surface area contributed by atoms with Gasteiger partial charge in [-0.2, -0.15) is 4.98 Å². The maximum absolute atomic E-state index is 12.1. The van der Waals surface area contributed by atoms with Crippen LogP contribution in [0.5, 0.6) is 0 Å². The number of aromatic nitrogens is 2. The fraction of sp³-hybridized carbons (Fsp3) is 0.438. The van der Waals surface area contributed by atoms with Crippen molar-refractivity contribution in [1.82, 2.24) is 15.0 Å². The topological polar surface area (TPSA) is 59.2 Å². The molecule has 1 amide bonds. The molecule has 2 rings (SSSR count). The molecule has 0 saturated heterocycles. The Kier molecular flexibility index (Phi) is 4.86. The second-order valence-corrected chi connectivity index (χ2v) is 6.94. The van der Waals surface area contributed by atoms with Crippen molar-refractivity contribution in [3.05, 3.63) is 35.2 Å². The van der Waals surface area contributed by atoms with Gasteiger partial charge in [0.15, 0.2) is 0 Å². The Morgan fingerprint density at radius 2 is 1.91 bits per heavy atom. The van der Waals surface area contributed by atoms with E-state index in [4.69, 9.17) is 16.1 Å². The van der Waals surface area contributed by atoms with E-state index in [0.717, 1.165) is 5.56 Å². The third-order valence-electron chi connectivity index (χ3n) is 3.05. The lowest BCUT2D eigenvalue weighted by Crippen LogP contribution is -2.29. The van der Waals surface area contributed by atoms with Crippen LogP contribution in [0.2, 0.25) is 5.02 Å². The summed E-state index contributed by atoms with van der Waals surface area (Å²) in [6, 6.07) is 7.19. The molecule has 118 valence electrons. The van der Waals surface area contributed by atoms with Gasteiger partial charge >= 0.3 is 0 Å². The summed E-state index contributed by atoms with van der Waals surface area (Å²) >= 11 is 5.85. The number of hydrogen-bond donors (Lipinski definition) is 0. The van der Waals surface area contributed by atoms with E-state index in [-0.39, 0.29) is 11.3 Å². The van der Waals surface area contributed by atoms with Crippen molar-refractivity contribution in [3.63, 3.8) is 0 Å². The lowest BCUT2D eigenvalue weighted by atomic mass is 9.92. The molecule has 0 fully saturated rings. The van der Waals surface area contributed by atoms with Crippen molar-refractivity contribution in [2.75, 3.05) is 7.05 Å². The lowest BCUT2D eigenvalue weighted by molar-refractivity contribution is -0.132. The Balaban J connectivity index is 2.03. The molecule has 0 bridgehead atoms. The van der Waals surface area contributed by atoms with Crippen LogP contribution in [-0.2, 0) is 11.3 Å². The molecule has 0 saturated carbocycles. The molecule has 1 heterocycles. The molecule has 6 heteroatoms. The first kappa shape index (κ1) is 16.5. The number of rotatable bonds is 4. The average Bonchev–Trinajstić information content (AvgIpc) is 2.86. The van der Waals surface area contributed by atoms with E-state index in [1.54, 1.807) is 24.1 Å². The fourth-order valence-corrected chi connectivity index (χ4v) is 2.04. The highest BCUT2D eigenvalue weighted by molar-refractivity contribution is 6.30. The maximum Gasteiger partial charge on any atom is 0.246 e. The van der Waals surface area contributed by atoms with Gasteiger partial charge in [-0.3, -0.25) is 4.79 Å². The van der Waals surface area contributed by atoms with Gasteiger partial charge in [-0.15, -0.1) is 0 Å². The molecule has 5 nitrogen and oxygen atoms in total. The second-order valence-electron chi connectivity index (χ2n) is 6.51. The molecular formula is C16H20ClN3O2. The van der Waals surface area contributed by atoms with Gasteiger partial charge in [-0.05, 0) is 29.7 Å². The lowest BCUT2D eigenvalue weighted by Gasteiger charge is -2.22. The number of carbonyl (C=O) groups is 1. The standard InChI is InChI=1S/C16H20ClN3O2/c1-16(2,3)9-14(21)20(4)10-13-18-15(19-22-13)11-5-7-12(17)8-6-11/h5-8H,9-10H2,1-4H3. The van der Waals surface area contributed by atoms with Crippen LogP contribution in [0.15, 0.2) is 28.8 Å². The quantitative estimate of drug-likeness (QED) is 0.859.